The van der Waals surface area contributed by atoms with Gasteiger partial charge in [-0.05, 0) is 47.4 Å². The number of nitrogens with zero attached hydrogens (tertiary/aromatic N) is 1. The molecule has 0 spiro atoms. The molecule has 1 unspecified atom stereocenters. The van der Waals surface area contributed by atoms with Crippen molar-refractivity contribution in [2.75, 3.05) is 13.1 Å². The molecule has 1 heterocycles. The van der Waals surface area contributed by atoms with Gasteiger partial charge in [-0.15, -0.1) is 0 Å². The Morgan fingerprint density at radius 1 is 1.45 bits per heavy atom. The van der Waals surface area contributed by atoms with Crippen LogP contribution in [0.15, 0.2) is 27.6 Å². The summed E-state index contributed by atoms with van der Waals surface area (Å²) in [6.07, 6.45) is 1.69. The van der Waals surface area contributed by atoms with Crippen molar-refractivity contribution < 1.29 is 13.3 Å². The van der Waals surface area contributed by atoms with Crippen molar-refractivity contribution in [2.45, 2.75) is 23.8 Å². The Balaban J connectivity index is 2.20. The van der Waals surface area contributed by atoms with Crippen LogP contribution in [-0.4, -0.2) is 32.5 Å². The molecule has 110 valence electrons. The number of halogens is 1. The molecule has 0 amide bonds. The minimum atomic E-state index is -3.67. The van der Waals surface area contributed by atoms with Crippen molar-refractivity contribution in [1.82, 2.24) is 10.0 Å². The smallest absolute Gasteiger partial charge is 0.283 e. The molecule has 1 aromatic carbocycles. The van der Waals surface area contributed by atoms with Gasteiger partial charge >= 0.3 is 0 Å². The van der Waals surface area contributed by atoms with E-state index in [2.05, 4.69) is 26.0 Å². The van der Waals surface area contributed by atoms with E-state index in [1.54, 1.807) is 0 Å². The highest BCUT2D eigenvalue weighted by atomic mass is 79.9. The van der Waals surface area contributed by atoms with E-state index >= 15 is 0 Å². The number of sulfonamides is 1. The predicted octanol–water partition coefficient (Wildman–Crippen LogP) is 1.39. The number of nitro benzene ring substituents is 1. The van der Waals surface area contributed by atoms with Crippen LogP contribution in [-0.2, 0) is 10.0 Å². The summed E-state index contributed by atoms with van der Waals surface area (Å²) in [7, 11) is -3.67. The summed E-state index contributed by atoms with van der Waals surface area (Å²) < 4.78 is 27.2. The lowest BCUT2D eigenvalue weighted by Crippen LogP contribution is -2.45. The van der Waals surface area contributed by atoms with Crippen LogP contribution in [0.1, 0.15) is 12.8 Å². The average molecular weight is 364 g/mol. The third kappa shape index (κ3) is 3.54. The SMILES string of the molecule is O=[N+]([O-])c1ccc(S(=O)(=O)NC2CCCNC2)cc1Br. The van der Waals surface area contributed by atoms with Crippen LogP contribution in [0.25, 0.3) is 0 Å². The molecule has 0 bridgehead atoms. The van der Waals surface area contributed by atoms with Gasteiger partial charge in [-0.25, -0.2) is 13.1 Å². The van der Waals surface area contributed by atoms with Gasteiger partial charge in [-0.1, -0.05) is 0 Å². The Hall–Kier alpha value is -1.03. The van der Waals surface area contributed by atoms with Crippen LogP contribution >= 0.6 is 15.9 Å². The van der Waals surface area contributed by atoms with Crippen LogP contribution in [0.2, 0.25) is 0 Å². The van der Waals surface area contributed by atoms with Crippen LogP contribution in [0.4, 0.5) is 5.69 Å². The van der Waals surface area contributed by atoms with Crippen LogP contribution in [0, 0.1) is 10.1 Å². The Labute approximate surface area is 125 Å². The molecule has 1 atom stereocenters. The van der Waals surface area contributed by atoms with Crippen molar-refractivity contribution in [1.29, 1.82) is 0 Å². The van der Waals surface area contributed by atoms with Gasteiger partial charge in [0.2, 0.25) is 10.0 Å². The standard InChI is InChI=1S/C11H14BrN3O4S/c12-10-6-9(3-4-11(10)15(16)17)20(18,19)14-8-2-1-5-13-7-8/h3-4,6,8,13-14H,1-2,5,7H2. The van der Waals surface area contributed by atoms with E-state index in [0.29, 0.717) is 6.54 Å². The van der Waals surface area contributed by atoms with E-state index in [9.17, 15) is 18.5 Å². The molecule has 1 aliphatic rings. The van der Waals surface area contributed by atoms with Gasteiger partial charge in [0.05, 0.1) is 14.3 Å². The molecule has 0 aromatic heterocycles. The number of piperidine rings is 1. The van der Waals surface area contributed by atoms with Gasteiger partial charge in [0, 0.05) is 18.7 Å². The van der Waals surface area contributed by atoms with Crippen molar-refractivity contribution in [2.24, 2.45) is 0 Å². The van der Waals surface area contributed by atoms with Crippen molar-refractivity contribution in [3.63, 3.8) is 0 Å². The first-order valence-electron chi connectivity index (χ1n) is 6.07. The zero-order valence-corrected chi connectivity index (χ0v) is 12.9. The zero-order chi connectivity index (χ0) is 14.8. The topological polar surface area (TPSA) is 101 Å². The molecule has 9 heteroatoms. The van der Waals surface area contributed by atoms with Gasteiger partial charge in [0.15, 0.2) is 0 Å². The van der Waals surface area contributed by atoms with Crippen LogP contribution in [0.3, 0.4) is 0 Å². The lowest BCUT2D eigenvalue weighted by atomic mass is 10.1. The van der Waals surface area contributed by atoms with Gasteiger partial charge in [0.25, 0.3) is 5.69 Å². The molecule has 7 nitrogen and oxygen atoms in total. The van der Waals surface area contributed by atoms with E-state index in [-0.39, 0.29) is 21.1 Å². The van der Waals surface area contributed by atoms with E-state index in [1.807, 2.05) is 0 Å². The number of rotatable bonds is 4. The second-order valence-electron chi connectivity index (χ2n) is 4.53. The number of benzene rings is 1. The number of hydrogen-bond acceptors (Lipinski definition) is 5. The molecule has 2 rings (SSSR count). The maximum absolute atomic E-state index is 12.2. The molecule has 1 aromatic rings. The molecule has 1 saturated heterocycles. The molecule has 0 saturated carbocycles. The lowest BCUT2D eigenvalue weighted by molar-refractivity contribution is -0.385. The Morgan fingerprint density at radius 3 is 2.75 bits per heavy atom. The number of nitro groups is 1. The first kappa shape index (κ1) is 15.4. The summed E-state index contributed by atoms with van der Waals surface area (Å²) in [5, 5.41) is 13.8. The quantitative estimate of drug-likeness (QED) is 0.621. The summed E-state index contributed by atoms with van der Waals surface area (Å²) in [5.74, 6) is 0. The Kier molecular flexibility index (Phi) is 4.74. The second-order valence-corrected chi connectivity index (χ2v) is 7.10. The summed E-state index contributed by atoms with van der Waals surface area (Å²) >= 11 is 3.02. The number of nitrogens with one attached hydrogen (secondary N) is 2. The van der Waals surface area contributed by atoms with Gasteiger partial charge < -0.3 is 5.32 Å². The van der Waals surface area contributed by atoms with E-state index in [1.165, 1.54) is 18.2 Å². The van der Waals surface area contributed by atoms with E-state index < -0.39 is 14.9 Å². The van der Waals surface area contributed by atoms with E-state index in [4.69, 9.17) is 0 Å². The molecule has 20 heavy (non-hydrogen) atoms. The van der Waals surface area contributed by atoms with Crippen LogP contribution < -0.4 is 10.0 Å². The molecule has 1 aliphatic heterocycles. The van der Waals surface area contributed by atoms with Gasteiger partial charge in [0.1, 0.15) is 0 Å². The molecule has 0 radical (unpaired) electrons. The first-order chi connectivity index (χ1) is 9.40. The largest absolute Gasteiger partial charge is 0.315 e. The highest BCUT2D eigenvalue weighted by molar-refractivity contribution is 9.10. The predicted molar refractivity (Wildman–Crippen MR) is 77.0 cm³/mol. The van der Waals surface area contributed by atoms with E-state index in [0.717, 1.165) is 19.4 Å². The maximum atomic E-state index is 12.2. The molecule has 0 aliphatic carbocycles. The first-order valence-corrected chi connectivity index (χ1v) is 8.35. The van der Waals surface area contributed by atoms with Crippen molar-refractivity contribution in [3.05, 3.63) is 32.8 Å². The fraction of sp³-hybridized carbons (Fsp3) is 0.455. The van der Waals surface area contributed by atoms with Crippen molar-refractivity contribution in [3.8, 4) is 0 Å². The van der Waals surface area contributed by atoms with Gasteiger partial charge in [-0.3, -0.25) is 10.1 Å². The Bertz CT molecular complexity index is 614. The molecule has 1 fully saturated rings. The summed E-state index contributed by atoms with van der Waals surface area (Å²) in [4.78, 5) is 10.1. The minimum absolute atomic E-state index is 0.0144. The molecular formula is C11H14BrN3O4S. The number of hydrogen-bond donors (Lipinski definition) is 2. The zero-order valence-electron chi connectivity index (χ0n) is 10.5. The highest BCUT2D eigenvalue weighted by Gasteiger charge is 2.23. The third-order valence-electron chi connectivity index (χ3n) is 3.04. The summed E-state index contributed by atoms with van der Waals surface area (Å²) in [6, 6.07) is 3.51. The summed E-state index contributed by atoms with van der Waals surface area (Å²) in [5.41, 5.74) is -0.164. The monoisotopic (exact) mass is 363 g/mol. The lowest BCUT2D eigenvalue weighted by Gasteiger charge is -2.23. The minimum Gasteiger partial charge on any atom is -0.315 e. The highest BCUT2D eigenvalue weighted by Crippen LogP contribution is 2.27. The second kappa shape index (κ2) is 6.17. The third-order valence-corrected chi connectivity index (χ3v) is 5.20. The maximum Gasteiger partial charge on any atom is 0.283 e. The molecular weight excluding hydrogens is 350 g/mol. The fourth-order valence-corrected chi connectivity index (χ4v) is 4.01. The fourth-order valence-electron chi connectivity index (χ4n) is 2.04. The molecule has 2 N–H and O–H groups in total. The van der Waals surface area contributed by atoms with Crippen LogP contribution in [0.5, 0.6) is 0 Å². The normalized spacial score (nSPS) is 19.8. The Morgan fingerprint density at radius 2 is 2.20 bits per heavy atom. The summed E-state index contributed by atoms with van der Waals surface area (Å²) in [6.45, 7) is 1.48. The van der Waals surface area contributed by atoms with Gasteiger partial charge in [-0.2, -0.15) is 0 Å². The average Bonchev–Trinajstić information content (AvgIpc) is 2.38. The van der Waals surface area contributed by atoms with Crippen molar-refractivity contribution >= 4 is 31.6 Å².